The van der Waals surface area contributed by atoms with Crippen molar-refractivity contribution in [3.05, 3.63) is 235 Å². The number of alkyl carbamates (subject to hydrolysis) is 1. The average Bonchev–Trinajstić information content (AvgIpc) is 1.67. The molecule has 0 radical (unpaired) electrons. The highest BCUT2D eigenvalue weighted by Crippen LogP contribution is 2.39. The summed E-state index contributed by atoms with van der Waals surface area (Å²) < 4.78 is 48.9. The van der Waals surface area contributed by atoms with Crippen molar-refractivity contribution in [2.75, 3.05) is 28.4 Å². The van der Waals surface area contributed by atoms with Crippen molar-refractivity contribution in [2.24, 2.45) is 0 Å². The van der Waals surface area contributed by atoms with E-state index in [-0.39, 0.29) is 48.0 Å². The van der Waals surface area contributed by atoms with Gasteiger partial charge in [0, 0.05) is 63.0 Å². The van der Waals surface area contributed by atoms with E-state index < -0.39 is 6.09 Å². The molecule has 0 aliphatic rings. The van der Waals surface area contributed by atoms with Gasteiger partial charge in [-0.25, -0.2) is 24.7 Å². The van der Waals surface area contributed by atoms with E-state index in [2.05, 4.69) is 50.9 Å². The van der Waals surface area contributed by atoms with Crippen molar-refractivity contribution in [1.82, 2.24) is 46.2 Å². The second-order valence-electron chi connectivity index (χ2n) is 24.3. The number of nitrogens with zero attached hydrogens (tertiary/aromatic N) is 5. The maximum atomic E-state index is 11.5. The molecular weight excluding hydrogens is 1450 g/mol. The van der Waals surface area contributed by atoms with Crippen LogP contribution in [0.4, 0.5) is 4.79 Å². The number of nitrogens with one attached hydrogen (secondary N) is 4. The van der Waals surface area contributed by atoms with Gasteiger partial charge in [-0.2, -0.15) is 0 Å². The van der Waals surface area contributed by atoms with E-state index in [0.29, 0.717) is 50.2 Å². The third-order valence-electron chi connectivity index (χ3n) is 15.8. The van der Waals surface area contributed by atoms with E-state index in [1.807, 2.05) is 224 Å². The number of rotatable bonds is 26. The van der Waals surface area contributed by atoms with Crippen LogP contribution in [0.1, 0.15) is 115 Å². The fourth-order valence-corrected chi connectivity index (χ4v) is 13.2. The molecule has 0 saturated heterocycles. The molecule has 0 aliphatic carbocycles. The molecular formula is C82H85N9O13S4. The largest absolute Gasteiger partial charge is 0.497 e. The number of methoxy groups -OCH3 is 4. The maximum absolute atomic E-state index is 11.5. The number of amides is 4. The summed E-state index contributed by atoms with van der Waals surface area (Å²) in [5.41, 5.74) is 8.14. The van der Waals surface area contributed by atoms with Gasteiger partial charge < -0.3 is 63.9 Å². The monoisotopic (exact) mass is 1530 g/mol. The van der Waals surface area contributed by atoms with E-state index in [4.69, 9.17) is 37.9 Å². The molecule has 4 atom stereocenters. The predicted molar refractivity (Wildman–Crippen MR) is 425 cm³/mol. The molecule has 26 heteroatoms. The summed E-state index contributed by atoms with van der Waals surface area (Å²) >= 11 is 5.87. The molecule has 4 amide bonds. The standard InChI is InChI=1S/C21H23N3O4S.C21H22N2O3S.2C20H20N2O3S/c1-13(2)27-17-5-7-18(8-6-17)28-21-23-12-19(29-21)16-9-15(10-22-11-16)14(3)24-20(25)26-4;1-4-20(24)23-14(2)15-5-7-16(8-6-15)19-13-22-21(27-19)26-18-11-9-17(25-3)10-12-18;2*1-13(22-14(2)23)15-4-6-16(7-5-15)19-12-21-20(26-19)25-18-10-8-17(24-3)9-11-18/h5-14H,1-4H3,(H,24,25);5-14H,4H2,1-3H3,(H,23,24);2*4-13H,1-3H3,(H,22,23). The van der Waals surface area contributed by atoms with Crippen molar-refractivity contribution < 1.29 is 61.8 Å². The fraction of sp³-hybridized carbons (Fsp3) is 0.232. The van der Waals surface area contributed by atoms with Gasteiger partial charge in [-0.05, 0) is 184 Å². The van der Waals surface area contributed by atoms with Crippen LogP contribution in [0.5, 0.6) is 66.8 Å². The summed E-state index contributed by atoms with van der Waals surface area (Å²) in [7, 11) is 6.23. The zero-order chi connectivity index (χ0) is 77.1. The molecule has 7 aromatic carbocycles. The van der Waals surface area contributed by atoms with Gasteiger partial charge in [0.2, 0.25) is 17.7 Å². The molecule has 0 aliphatic heterocycles. The van der Waals surface area contributed by atoms with Crippen molar-refractivity contribution in [3.8, 4) is 109 Å². The average molecular weight is 1530 g/mol. The Bertz CT molecular complexity index is 4660. The SMILES string of the molecule is CCC(=O)NC(C)c1ccc(-c2cnc(Oc3ccc(OC)cc3)s2)cc1.COC(=O)NC(C)c1cncc(-c2cnc(Oc3ccc(OC(C)C)cc3)s2)c1.COc1ccc(Oc2ncc(-c3ccc(C(C)NC(C)=O)cc3)s2)cc1.COc1ccc(Oc2ncc(-c3ccc(C(C)NC(C)=O)cc3)s2)cc1. The number of hydrogen-bond donors (Lipinski definition) is 4. The molecule has 4 N–H and O–H groups in total. The van der Waals surface area contributed by atoms with Gasteiger partial charge in [0.25, 0.3) is 20.8 Å². The smallest absolute Gasteiger partial charge is 0.407 e. The third kappa shape index (κ3) is 24.7. The summed E-state index contributed by atoms with van der Waals surface area (Å²) in [6.07, 6.45) is 10.7. The van der Waals surface area contributed by atoms with Gasteiger partial charge in [-0.15, -0.1) is 0 Å². The number of carbonyl (C=O) groups excluding carboxylic acids is 4. The lowest BCUT2D eigenvalue weighted by Gasteiger charge is -2.14. The van der Waals surface area contributed by atoms with Crippen LogP contribution < -0.4 is 59.2 Å². The zero-order valence-electron chi connectivity index (χ0n) is 62.0. The highest BCUT2D eigenvalue weighted by atomic mass is 32.1. The van der Waals surface area contributed by atoms with Crippen LogP contribution in [0.15, 0.2) is 213 Å². The number of hydrogen-bond acceptors (Lipinski definition) is 22. The van der Waals surface area contributed by atoms with E-state index in [1.54, 1.807) is 58.5 Å². The van der Waals surface area contributed by atoms with Crippen LogP contribution in [0.25, 0.3) is 41.8 Å². The highest BCUT2D eigenvalue weighted by Gasteiger charge is 2.17. The van der Waals surface area contributed by atoms with E-state index in [1.165, 1.54) is 66.3 Å². The second-order valence-corrected chi connectivity index (χ2v) is 28.2. The van der Waals surface area contributed by atoms with Gasteiger partial charge in [-0.1, -0.05) is 125 Å². The quantitative estimate of drug-likeness (QED) is 0.0392. The minimum atomic E-state index is -0.485. The van der Waals surface area contributed by atoms with Crippen LogP contribution >= 0.6 is 45.3 Å². The van der Waals surface area contributed by atoms with Gasteiger partial charge in [0.05, 0.1) is 78.2 Å². The lowest BCUT2D eigenvalue weighted by molar-refractivity contribution is -0.121. The summed E-state index contributed by atoms with van der Waals surface area (Å²) in [5.74, 6) is 5.95. The number of ether oxygens (including phenoxy) is 9. The van der Waals surface area contributed by atoms with Crippen molar-refractivity contribution in [1.29, 1.82) is 0 Å². The molecule has 12 rings (SSSR count). The summed E-state index contributed by atoms with van der Waals surface area (Å²) in [6, 6.07) is 55.6. The highest BCUT2D eigenvalue weighted by molar-refractivity contribution is 7.17. The Labute approximate surface area is 644 Å². The van der Waals surface area contributed by atoms with Crippen LogP contribution in [0.3, 0.4) is 0 Å². The number of thiazole rings is 4. The van der Waals surface area contributed by atoms with Crippen LogP contribution in [0.2, 0.25) is 0 Å². The Morgan fingerprint density at radius 2 is 0.648 bits per heavy atom. The minimum Gasteiger partial charge on any atom is -0.497 e. The predicted octanol–water partition coefficient (Wildman–Crippen LogP) is 20.0. The summed E-state index contributed by atoms with van der Waals surface area (Å²) in [5, 5.41) is 13.7. The third-order valence-corrected chi connectivity index (χ3v) is 19.5. The van der Waals surface area contributed by atoms with Gasteiger partial charge >= 0.3 is 6.09 Å². The first-order chi connectivity index (χ1) is 52.1. The van der Waals surface area contributed by atoms with E-state index >= 15 is 0 Å². The van der Waals surface area contributed by atoms with Crippen molar-refractivity contribution in [2.45, 2.75) is 99.0 Å². The Morgan fingerprint density at radius 1 is 0.352 bits per heavy atom. The molecule has 5 aromatic heterocycles. The molecule has 4 unspecified atom stereocenters. The summed E-state index contributed by atoms with van der Waals surface area (Å²) in [6.45, 7) is 16.6. The molecule has 0 saturated carbocycles. The first-order valence-electron chi connectivity index (χ1n) is 34.3. The molecule has 0 bridgehead atoms. The summed E-state index contributed by atoms with van der Waals surface area (Å²) in [4.78, 5) is 70.9. The lowest BCUT2D eigenvalue weighted by atomic mass is 10.1. The molecule has 5 heterocycles. The molecule has 22 nitrogen and oxygen atoms in total. The Morgan fingerprint density at radius 3 is 0.944 bits per heavy atom. The normalized spacial score (nSPS) is 11.7. The van der Waals surface area contributed by atoms with E-state index in [0.717, 1.165) is 87.0 Å². The molecule has 560 valence electrons. The van der Waals surface area contributed by atoms with Crippen LogP contribution in [0, 0.1) is 0 Å². The van der Waals surface area contributed by atoms with Crippen molar-refractivity contribution >= 4 is 69.2 Å². The Balaban J connectivity index is 0.000000166. The zero-order valence-corrected chi connectivity index (χ0v) is 65.2. The molecule has 0 spiro atoms. The number of pyridine rings is 1. The molecule has 0 fully saturated rings. The Hall–Kier alpha value is -11.7. The second kappa shape index (κ2) is 40.1. The first-order valence-corrected chi connectivity index (χ1v) is 37.6. The van der Waals surface area contributed by atoms with Crippen molar-refractivity contribution in [3.63, 3.8) is 0 Å². The van der Waals surface area contributed by atoms with Gasteiger partial charge in [0.15, 0.2) is 0 Å². The van der Waals surface area contributed by atoms with Gasteiger partial charge in [-0.3, -0.25) is 19.4 Å². The number of carbonyl (C=O) groups is 4. The number of aromatic nitrogens is 5. The van der Waals surface area contributed by atoms with Crippen LogP contribution in [-0.4, -0.2) is 83.3 Å². The Kier molecular flexibility index (Phi) is 29.9. The first kappa shape index (κ1) is 80.4. The molecule has 12 aromatic rings. The number of benzene rings is 7. The van der Waals surface area contributed by atoms with E-state index in [9.17, 15) is 19.2 Å². The molecule has 108 heavy (non-hydrogen) atoms. The van der Waals surface area contributed by atoms with Gasteiger partial charge in [0.1, 0.15) is 46.0 Å². The lowest BCUT2D eigenvalue weighted by Crippen LogP contribution is -2.26. The minimum absolute atomic E-state index is 0.0121. The van der Waals surface area contributed by atoms with Crippen LogP contribution in [-0.2, 0) is 19.1 Å². The topological polar surface area (TPSA) is 264 Å². The maximum Gasteiger partial charge on any atom is 0.407 e. The fourth-order valence-electron chi connectivity index (χ4n) is 10.1.